The van der Waals surface area contributed by atoms with Gasteiger partial charge in [-0.25, -0.2) is 0 Å². The number of hydrogen-bond donors (Lipinski definition) is 1. The first-order valence-corrected chi connectivity index (χ1v) is 6.75. The van der Waals surface area contributed by atoms with Crippen LogP contribution in [0.1, 0.15) is 45.4 Å². The Morgan fingerprint density at radius 1 is 1.38 bits per heavy atom. The van der Waals surface area contributed by atoms with E-state index in [1.54, 1.807) is 5.57 Å². The molecule has 0 spiro atoms. The van der Waals surface area contributed by atoms with Crippen molar-refractivity contribution < 1.29 is 4.74 Å². The summed E-state index contributed by atoms with van der Waals surface area (Å²) in [6, 6.07) is 0. The molecule has 2 nitrogen and oxygen atoms in total. The van der Waals surface area contributed by atoms with Gasteiger partial charge in [0.2, 0.25) is 0 Å². The lowest BCUT2D eigenvalue weighted by atomic mass is 9.82. The van der Waals surface area contributed by atoms with Gasteiger partial charge in [-0.1, -0.05) is 18.6 Å². The first-order valence-electron chi connectivity index (χ1n) is 6.75. The molecule has 0 aromatic rings. The van der Waals surface area contributed by atoms with Gasteiger partial charge in [0.1, 0.15) is 0 Å². The molecule has 16 heavy (non-hydrogen) atoms. The van der Waals surface area contributed by atoms with Gasteiger partial charge in [0.05, 0.1) is 0 Å². The van der Waals surface area contributed by atoms with Gasteiger partial charge in [-0.05, 0) is 50.5 Å². The minimum atomic E-state index is 0.475. The highest BCUT2D eigenvalue weighted by molar-refractivity contribution is 5.07. The van der Waals surface area contributed by atoms with Gasteiger partial charge in [0, 0.05) is 19.8 Å². The Balaban J connectivity index is 1.59. The van der Waals surface area contributed by atoms with Gasteiger partial charge in [0.15, 0.2) is 0 Å². The Kier molecular flexibility index (Phi) is 4.42. The molecule has 0 aromatic carbocycles. The van der Waals surface area contributed by atoms with Crippen molar-refractivity contribution in [3.05, 3.63) is 11.6 Å². The van der Waals surface area contributed by atoms with Crippen LogP contribution in [0.2, 0.25) is 0 Å². The highest BCUT2D eigenvalue weighted by Crippen LogP contribution is 2.28. The predicted molar refractivity (Wildman–Crippen MR) is 67.6 cm³/mol. The lowest BCUT2D eigenvalue weighted by Gasteiger charge is -2.33. The summed E-state index contributed by atoms with van der Waals surface area (Å²) in [7, 11) is 0. The fraction of sp³-hybridized carbons (Fsp3) is 0.857. The van der Waals surface area contributed by atoms with Crippen LogP contribution in [0.25, 0.3) is 0 Å². The number of nitrogens with one attached hydrogen (secondary N) is 1. The van der Waals surface area contributed by atoms with Crippen molar-refractivity contribution >= 4 is 0 Å². The summed E-state index contributed by atoms with van der Waals surface area (Å²) in [5.74, 6) is 0. The monoisotopic (exact) mass is 223 g/mol. The summed E-state index contributed by atoms with van der Waals surface area (Å²) < 4.78 is 5.42. The predicted octanol–water partition coefficient (Wildman–Crippen LogP) is 2.89. The van der Waals surface area contributed by atoms with Gasteiger partial charge in [-0.15, -0.1) is 0 Å². The largest absolute Gasteiger partial charge is 0.381 e. The Morgan fingerprint density at radius 3 is 2.88 bits per heavy atom. The van der Waals surface area contributed by atoms with E-state index in [9.17, 15) is 0 Å². The third kappa shape index (κ3) is 3.60. The second-order valence-electron chi connectivity index (χ2n) is 5.60. The van der Waals surface area contributed by atoms with Crippen molar-refractivity contribution in [1.29, 1.82) is 0 Å². The maximum Gasteiger partial charge on any atom is 0.0471 e. The molecule has 1 aliphatic heterocycles. The number of allylic oxidation sites excluding steroid dienone is 1. The highest BCUT2D eigenvalue weighted by Gasteiger charge is 2.26. The van der Waals surface area contributed by atoms with Gasteiger partial charge in [-0.3, -0.25) is 0 Å². The van der Waals surface area contributed by atoms with E-state index in [1.165, 1.54) is 38.5 Å². The quantitative estimate of drug-likeness (QED) is 0.571. The molecule has 1 heterocycles. The molecule has 0 saturated carbocycles. The van der Waals surface area contributed by atoms with Gasteiger partial charge in [0.25, 0.3) is 0 Å². The molecule has 0 aromatic heterocycles. The standard InChI is InChI=1S/C14H25NO/c1-14(7-10-16-11-8-14)12-15-9-6-13-4-2-3-5-13/h4,15H,2-3,5-12H2,1H3. The third-order valence-corrected chi connectivity index (χ3v) is 4.01. The molecular formula is C14H25NO. The lowest BCUT2D eigenvalue weighted by Crippen LogP contribution is -2.37. The zero-order valence-corrected chi connectivity index (χ0v) is 10.6. The molecule has 2 aliphatic rings. The fourth-order valence-corrected chi connectivity index (χ4v) is 2.64. The first-order chi connectivity index (χ1) is 7.79. The Morgan fingerprint density at radius 2 is 2.19 bits per heavy atom. The van der Waals surface area contributed by atoms with E-state index < -0.39 is 0 Å². The molecule has 0 radical (unpaired) electrons. The summed E-state index contributed by atoms with van der Waals surface area (Å²) in [6.07, 6.45) is 10.1. The van der Waals surface area contributed by atoms with Crippen molar-refractivity contribution in [3.63, 3.8) is 0 Å². The van der Waals surface area contributed by atoms with E-state index in [-0.39, 0.29) is 0 Å². The van der Waals surface area contributed by atoms with Crippen LogP contribution >= 0.6 is 0 Å². The fourth-order valence-electron chi connectivity index (χ4n) is 2.64. The van der Waals surface area contributed by atoms with Gasteiger partial charge in [-0.2, -0.15) is 0 Å². The van der Waals surface area contributed by atoms with Crippen molar-refractivity contribution in [2.75, 3.05) is 26.3 Å². The summed E-state index contributed by atoms with van der Waals surface area (Å²) in [6.45, 7) is 6.59. The molecule has 0 bridgehead atoms. The number of hydrogen-bond acceptors (Lipinski definition) is 2. The third-order valence-electron chi connectivity index (χ3n) is 4.01. The molecule has 0 amide bonds. The minimum absolute atomic E-state index is 0.475. The zero-order valence-electron chi connectivity index (χ0n) is 10.6. The minimum Gasteiger partial charge on any atom is -0.381 e. The molecule has 0 atom stereocenters. The zero-order chi connectivity index (χ0) is 11.3. The SMILES string of the molecule is CC1(CNCCC2=CCCC2)CCOCC1. The van der Waals surface area contributed by atoms with E-state index >= 15 is 0 Å². The van der Waals surface area contributed by atoms with E-state index in [1.807, 2.05) is 0 Å². The van der Waals surface area contributed by atoms with Crippen molar-refractivity contribution in [1.82, 2.24) is 5.32 Å². The van der Waals surface area contributed by atoms with Crippen LogP contribution in [0.4, 0.5) is 0 Å². The van der Waals surface area contributed by atoms with E-state index in [2.05, 4.69) is 18.3 Å². The number of ether oxygens (including phenoxy) is 1. The van der Waals surface area contributed by atoms with E-state index in [0.29, 0.717) is 5.41 Å². The second-order valence-corrected chi connectivity index (χ2v) is 5.60. The maximum absolute atomic E-state index is 5.42. The summed E-state index contributed by atoms with van der Waals surface area (Å²) >= 11 is 0. The summed E-state index contributed by atoms with van der Waals surface area (Å²) in [5.41, 5.74) is 2.15. The topological polar surface area (TPSA) is 21.3 Å². The lowest BCUT2D eigenvalue weighted by molar-refractivity contribution is 0.0242. The van der Waals surface area contributed by atoms with Gasteiger partial charge >= 0.3 is 0 Å². The Bertz CT molecular complexity index is 241. The molecule has 2 rings (SSSR count). The Labute approximate surface area is 99.4 Å². The van der Waals surface area contributed by atoms with Crippen LogP contribution in [-0.2, 0) is 4.74 Å². The van der Waals surface area contributed by atoms with Crippen LogP contribution in [0.15, 0.2) is 11.6 Å². The first kappa shape index (κ1) is 12.1. The van der Waals surface area contributed by atoms with Crippen LogP contribution in [-0.4, -0.2) is 26.3 Å². The molecule has 1 saturated heterocycles. The molecular weight excluding hydrogens is 198 g/mol. The van der Waals surface area contributed by atoms with E-state index in [4.69, 9.17) is 4.74 Å². The molecule has 1 fully saturated rings. The van der Waals surface area contributed by atoms with Crippen LogP contribution in [0.5, 0.6) is 0 Å². The van der Waals surface area contributed by atoms with Crippen molar-refractivity contribution in [2.45, 2.75) is 45.4 Å². The smallest absolute Gasteiger partial charge is 0.0471 e. The van der Waals surface area contributed by atoms with Crippen LogP contribution in [0, 0.1) is 5.41 Å². The van der Waals surface area contributed by atoms with Crippen molar-refractivity contribution in [3.8, 4) is 0 Å². The summed E-state index contributed by atoms with van der Waals surface area (Å²) in [4.78, 5) is 0. The maximum atomic E-state index is 5.42. The van der Waals surface area contributed by atoms with E-state index in [0.717, 1.165) is 26.3 Å². The molecule has 0 unspecified atom stereocenters. The average Bonchev–Trinajstić information content (AvgIpc) is 2.78. The Hall–Kier alpha value is -0.340. The van der Waals surface area contributed by atoms with Crippen LogP contribution in [0.3, 0.4) is 0 Å². The highest BCUT2D eigenvalue weighted by atomic mass is 16.5. The summed E-state index contributed by atoms with van der Waals surface area (Å²) in [5, 5.41) is 3.63. The van der Waals surface area contributed by atoms with Crippen LogP contribution < -0.4 is 5.32 Å². The molecule has 2 heteroatoms. The molecule has 1 N–H and O–H groups in total. The van der Waals surface area contributed by atoms with Gasteiger partial charge < -0.3 is 10.1 Å². The van der Waals surface area contributed by atoms with Crippen molar-refractivity contribution in [2.24, 2.45) is 5.41 Å². The normalized spacial score (nSPS) is 24.4. The average molecular weight is 223 g/mol. The second kappa shape index (κ2) is 5.83. The molecule has 92 valence electrons. The number of rotatable bonds is 5. The molecule has 1 aliphatic carbocycles.